The van der Waals surface area contributed by atoms with Gasteiger partial charge in [0.2, 0.25) is 0 Å². The van der Waals surface area contributed by atoms with Crippen LogP contribution in [-0.2, 0) is 6.54 Å². The molecule has 0 aliphatic rings. The molecule has 0 radical (unpaired) electrons. The molecule has 0 amide bonds. The quantitative estimate of drug-likeness (QED) is 0.855. The van der Waals surface area contributed by atoms with Crippen molar-refractivity contribution in [1.29, 1.82) is 0 Å². The fraction of sp³-hybridized carbons (Fsp3) is 0.294. The number of nitrogens with zero attached hydrogens (tertiary/aromatic N) is 1. The molecule has 112 valence electrons. The molecule has 0 aromatic heterocycles. The van der Waals surface area contributed by atoms with Gasteiger partial charge in [0.25, 0.3) is 0 Å². The highest BCUT2D eigenvalue weighted by atomic mass is 35.5. The number of benzene rings is 2. The van der Waals surface area contributed by atoms with Gasteiger partial charge in [-0.05, 0) is 42.8 Å². The van der Waals surface area contributed by atoms with Crippen LogP contribution in [0.2, 0.25) is 5.02 Å². The monoisotopic (exact) mass is 304 g/mol. The van der Waals surface area contributed by atoms with Crippen LogP contribution in [0.25, 0.3) is 0 Å². The van der Waals surface area contributed by atoms with Gasteiger partial charge < -0.3 is 15.0 Å². The van der Waals surface area contributed by atoms with Gasteiger partial charge in [-0.15, -0.1) is 0 Å². The highest BCUT2D eigenvalue weighted by molar-refractivity contribution is 6.33. The zero-order valence-corrected chi connectivity index (χ0v) is 13.4. The van der Waals surface area contributed by atoms with Crippen molar-refractivity contribution in [2.45, 2.75) is 13.5 Å². The lowest BCUT2D eigenvalue weighted by Gasteiger charge is -2.16. The number of rotatable bonds is 6. The predicted octanol–water partition coefficient (Wildman–Crippen LogP) is 4.42. The molecule has 2 aromatic rings. The lowest BCUT2D eigenvalue weighted by Crippen LogP contribution is -2.09. The van der Waals surface area contributed by atoms with Gasteiger partial charge in [0, 0.05) is 26.3 Å². The molecule has 2 rings (SSSR count). The van der Waals surface area contributed by atoms with Crippen LogP contribution in [0.15, 0.2) is 42.5 Å². The van der Waals surface area contributed by atoms with Gasteiger partial charge in [-0.1, -0.05) is 23.7 Å². The third-order valence-electron chi connectivity index (χ3n) is 3.14. The Morgan fingerprint density at radius 2 is 1.95 bits per heavy atom. The van der Waals surface area contributed by atoms with Crippen molar-refractivity contribution in [3.63, 3.8) is 0 Å². The molecule has 0 saturated carbocycles. The second-order valence-corrected chi connectivity index (χ2v) is 5.40. The average molecular weight is 305 g/mol. The van der Waals surface area contributed by atoms with E-state index in [1.165, 1.54) is 5.56 Å². The maximum absolute atomic E-state index is 6.27. The lowest BCUT2D eigenvalue weighted by atomic mass is 10.2. The SMILES string of the molecule is CCOc1cccc(CNc2ccc(N(C)C)c(Cl)c2)c1. The second kappa shape index (κ2) is 7.23. The van der Waals surface area contributed by atoms with Crippen molar-refractivity contribution in [2.75, 3.05) is 30.9 Å². The van der Waals surface area contributed by atoms with E-state index in [0.29, 0.717) is 6.61 Å². The lowest BCUT2D eigenvalue weighted by molar-refractivity contribution is 0.340. The molecule has 21 heavy (non-hydrogen) atoms. The van der Waals surface area contributed by atoms with E-state index in [2.05, 4.69) is 11.4 Å². The van der Waals surface area contributed by atoms with E-state index in [-0.39, 0.29) is 0 Å². The largest absolute Gasteiger partial charge is 0.494 e. The van der Waals surface area contributed by atoms with Gasteiger partial charge in [0.1, 0.15) is 5.75 Å². The van der Waals surface area contributed by atoms with Gasteiger partial charge in [-0.25, -0.2) is 0 Å². The van der Waals surface area contributed by atoms with Crippen LogP contribution in [-0.4, -0.2) is 20.7 Å². The zero-order chi connectivity index (χ0) is 15.2. The molecule has 0 aliphatic heterocycles. The Bertz CT molecular complexity index is 599. The highest BCUT2D eigenvalue weighted by Gasteiger charge is 2.04. The van der Waals surface area contributed by atoms with Crippen LogP contribution >= 0.6 is 11.6 Å². The van der Waals surface area contributed by atoms with Crippen molar-refractivity contribution in [3.8, 4) is 5.75 Å². The Morgan fingerprint density at radius 1 is 1.14 bits per heavy atom. The number of hydrogen-bond acceptors (Lipinski definition) is 3. The Hall–Kier alpha value is -1.87. The molecule has 0 aliphatic carbocycles. The van der Waals surface area contributed by atoms with E-state index in [9.17, 15) is 0 Å². The zero-order valence-electron chi connectivity index (χ0n) is 12.7. The number of ether oxygens (including phenoxy) is 1. The standard InChI is InChI=1S/C17H21ClN2O/c1-4-21-15-7-5-6-13(10-15)12-19-14-8-9-17(20(2)3)16(18)11-14/h5-11,19H,4,12H2,1-3H3. The van der Waals surface area contributed by atoms with Crippen molar-refractivity contribution in [1.82, 2.24) is 0 Å². The summed E-state index contributed by atoms with van der Waals surface area (Å²) in [5.41, 5.74) is 3.20. The first-order valence-electron chi connectivity index (χ1n) is 7.02. The average Bonchev–Trinajstić information content (AvgIpc) is 2.45. The van der Waals surface area contributed by atoms with Crippen LogP contribution < -0.4 is 15.0 Å². The third kappa shape index (κ3) is 4.30. The first-order chi connectivity index (χ1) is 10.1. The molecule has 0 heterocycles. The molecule has 3 nitrogen and oxygen atoms in total. The van der Waals surface area contributed by atoms with E-state index in [1.54, 1.807) is 0 Å². The first kappa shape index (κ1) is 15.5. The molecule has 0 bridgehead atoms. The molecule has 0 unspecified atom stereocenters. The van der Waals surface area contributed by atoms with Crippen LogP contribution in [0.4, 0.5) is 11.4 Å². The van der Waals surface area contributed by atoms with Gasteiger partial charge in [0.15, 0.2) is 0 Å². The highest BCUT2D eigenvalue weighted by Crippen LogP contribution is 2.27. The number of nitrogens with one attached hydrogen (secondary N) is 1. The van der Waals surface area contributed by atoms with Gasteiger partial charge >= 0.3 is 0 Å². The minimum absolute atomic E-state index is 0.679. The van der Waals surface area contributed by atoms with Crippen molar-refractivity contribution in [3.05, 3.63) is 53.1 Å². The van der Waals surface area contributed by atoms with E-state index in [1.807, 2.05) is 62.3 Å². The minimum atomic E-state index is 0.679. The summed E-state index contributed by atoms with van der Waals surface area (Å²) in [5, 5.41) is 4.12. The summed E-state index contributed by atoms with van der Waals surface area (Å²) in [6.45, 7) is 3.40. The van der Waals surface area contributed by atoms with E-state index >= 15 is 0 Å². The number of halogens is 1. The Morgan fingerprint density at radius 3 is 2.62 bits per heavy atom. The summed E-state index contributed by atoms with van der Waals surface area (Å²) < 4.78 is 5.51. The molecule has 0 atom stereocenters. The molecule has 1 N–H and O–H groups in total. The Kier molecular flexibility index (Phi) is 5.34. The van der Waals surface area contributed by atoms with Gasteiger partial charge in [-0.2, -0.15) is 0 Å². The van der Waals surface area contributed by atoms with Gasteiger partial charge in [0.05, 0.1) is 17.3 Å². The molecule has 0 fully saturated rings. The van der Waals surface area contributed by atoms with Crippen LogP contribution in [0.5, 0.6) is 5.75 Å². The predicted molar refractivity (Wildman–Crippen MR) is 90.7 cm³/mol. The summed E-state index contributed by atoms with van der Waals surface area (Å²) >= 11 is 6.27. The normalized spacial score (nSPS) is 10.3. The van der Waals surface area contributed by atoms with Gasteiger partial charge in [-0.3, -0.25) is 0 Å². The van der Waals surface area contributed by atoms with Crippen LogP contribution in [0.1, 0.15) is 12.5 Å². The molecular formula is C17H21ClN2O. The Labute approximate surface area is 131 Å². The summed E-state index contributed by atoms with van der Waals surface area (Å²) in [4.78, 5) is 2.00. The van der Waals surface area contributed by atoms with E-state index in [0.717, 1.165) is 28.7 Å². The fourth-order valence-electron chi connectivity index (χ4n) is 2.10. The summed E-state index contributed by atoms with van der Waals surface area (Å²) in [6.07, 6.45) is 0. The van der Waals surface area contributed by atoms with Crippen molar-refractivity contribution < 1.29 is 4.74 Å². The smallest absolute Gasteiger partial charge is 0.119 e. The van der Waals surface area contributed by atoms with E-state index in [4.69, 9.17) is 16.3 Å². The summed E-state index contributed by atoms with van der Waals surface area (Å²) in [6, 6.07) is 14.1. The number of anilines is 2. The Balaban J connectivity index is 2.03. The molecule has 2 aromatic carbocycles. The van der Waals surface area contributed by atoms with Crippen molar-refractivity contribution >= 4 is 23.0 Å². The maximum Gasteiger partial charge on any atom is 0.119 e. The van der Waals surface area contributed by atoms with E-state index < -0.39 is 0 Å². The maximum atomic E-state index is 6.27. The molecule has 0 saturated heterocycles. The van der Waals surface area contributed by atoms with Crippen LogP contribution in [0.3, 0.4) is 0 Å². The first-order valence-corrected chi connectivity index (χ1v) is 7.40. The van der Waals surface area contributed by atoms with Crippen LogP contribution in [0, 0.1) is 0 Å². The molecule has 0 spiro atoms. The topological polar surface area (TPSA) is 24.5 Å². The molecular weight excluding hydrogens is 284 g/mol. The van der Waals surface area contributed by atoms with Crippen molar-refractivity contribution in [2.24, 2.45) is 0 Å². The summed E-state index contributed by atoms with van der Waals surface area (Å²) in [7, 11) is 3.96. The summed E-state index contributed by atoms with van der Waals surface area (Å²) in [5.74, 6) is 0.901. The number of hydrogen-bond donors (Lipinski definition) is 1. The minimum Gasteiger partial charge on any atom is -0.494 e. The molecule has 4 heteroatoms. The third-order valence-corrected chi connectivity index (χ3v) is 3.44. The second-order valence-electron chi connectivity index (χ2n) is 4.99. The fourth-order valence-corrected chi connectivity index (χ4v) is 2.45.